The molecule has 0 heterocycles. The fraction of sp³-hybridized carbons (Fsp3) is 0.467. The second kappa shape index (κ2) is 8.29. The lowest BCUT2D eigenvalue weighted by Crippen LogP contribution is -2.29. The van der Waals surface area contributed by atoms with Gasteiger partial charge in [0.2, 0.25) is 11.8 Å². The average Bonchev–Trinajstić information content (AvgIpc) is 2.39. The summed E-state index contributed by atoms with van der Waals surface area (Å²) in [5.74, 6) is 0.236. The van der Waals surface area contributed by atoms with Crippen molar-refractivity contribution in [3.8, 4) is 0 Å². The summed E-state index contributed by atoms with van der Waals surface area (Å²) in [5, 5.41) is 5.56. The summed E-state index contributed by atoms with van der Waals surface area (Å²) in [6.07, 6.45) is 1.25. The zero-order valence-corrected chi connectivity index (χ0v) is 11.6. The van der Waals surface area contributed by atoms with Crippen LogP contribution in [0.15, 0.2) is 30.3 Å². The van der Waals surface area contributed by atoms with Crippen LogP contribution < -0.4 is 10.6 Å². The van der Waals surface area contributed by atoms with Gasteiger partial charge in [0.05, 0.1) is 0 Å². The van der Waals surface area contributed by atoms with Gasteiger partial charge in [0.15, 0.2) is 0 Å². The van der Waals surface area contributed by atoms with Crippen LogP contribution in [0, 0.1) is 0 Å². The molecule has 0 aromatic heterocycles. The smallest absolute Gasteiger partial charge is 0.220 e. The average molecular weight is 262 g/mol. The second-order valence-electron chi connectivity index (χ2n) is 4.70. The third-order valence-corrected chi connectivity index (χ3v) is 2.91. The minimum Gasteiger partial charge on any atom is -0.356 e. The Kier molecular flexibility index (Phi) is 6.64. The Morgan fingerprint density at radius 1 is 1.11 bits per heavy atom. The predicted molar refractivity (Wildman–Crippen MR) is 75.8 cm³/mol. The zero-order chi connectivity index (χ0) is 14.1. The van der Waals surface area contributed by atoms with E-state index in [1.54, 1.807) is 0 Å². The van der Waals surface area contributed by atoms with E-state index in [-0.39, 0.29) is 17.7 Å². The van der Waals surface area contributed by atoms with E-state index in [0.717, 1.165) is 6.42 Å². The molecule has 0 fully saturated rings. The molecule has 2 N–H and O–H groups in total. The Labute approximate surface area is 114 Å². The van der Waals surface area contributed by atoms with Crippen LogP contribution in [0.1, 0.15) is 38.2 Å². The first kappa shape index (κ1) is 15.2. The van der Waals surface area contributed by atoms with E-state index >= 15 is 0 Å². The molecule has 0 saturated heterocycles. The number of rotatable bonds is 7. The van der Waals surface area contributed by atoms with Gasteiger partial charge in [-0.3, -0.25) is 9.59 Å². The van der Waals surface area contributed by atoms with Crippen molar-refractivity contribution >= 4 is 11.8 Å². The maximum atomic E-state index is 11.7. The van der Waals surface area contributed by atoms with E-state index < -0.39 is 0 Å². The molecule has 1 rings (SSSR count). The summed E-state index contributed by atoms with van der Waals surface area (Å²) in [4.78, 5) is 22.4. The third-order valence-electron chi connectivity index (χ3n) is 2.91. The first-order valence-electron chi connectivity index (χ1n) is 6.65. The topological polar surface area (TPSA) is 58.2 Å². The number of amides is 2. The minimum atomic E-state index is -0.0379. The first-order valence-corrected chi connectivity index (χ1v) is 6.65. The summed E-state index contributed by atoms with van der Waals surface area (Å²) < 4.78 is 0. The Balaban J connectivity index is 2.19. The highest BCUT2D eigenvalue weighted by Gasteiger charge is 2.10. The van der Waals surface area contributed by atoms with Crippen molar-refractivity contribution in [1.82, 2.24) is 10.6 Å². The number of carbonyl (C=O) groups excluding carboxylic acids is 2. The van der Waals surface area contributed by atoms with Crippen molar-refractivity contribution in [2.45, 2.75) is 32.6 Å². The molecular weight excluding hydrogens is 240 g/mol. The zero-order valence-electron chi connectivity index (χ0n) is 11.6. The molecule has 19 heavy (non-hydrogen) atoms. The Hall–Kier alpha value is -1.84. The molecule has 1 aromatic rings. The highest BCUT2D eigenvalue weighted by molar-refractivity contribution is 5.76. The molecule has 0 spiro atoms. The van der Waals surface area contributed by atoms with Crippen molar-refractivity contribution in [3.05, 3.63) is 35.9 Å². The molecule has 0 radical (unpaired) electrons. The summed E-state index contributed by atoms with van der Waals surface area (Å²) in [6.45, 7) is 4.73. The van der Waals surface area contributed by atoms with Gasteiger partial charge in [0.25, 0.3) is 0 Å². The van der Waals surface area contributed by atoms with Crippen LogP contribution in [0.3, 0.4) is 0 Å². The van der Waals surface area contributed by atoms with E-state index in [9.17, 15) is 9.59 Å². The SMILES string of the molecule is CC(=O)NCCCNC(=O)CC(C)c1ccccc1. The number of hydrogen-bond acceptors (Lipinski definition) is 2. The largest absolute Gasteiger partial charge is 0.356 e. The van der Waals surface area contributed by atoms with Gasteiger partial charge in [0.1, 0.15) is 0 Å². The quantitative estimate of drug-likeness (QED) is 0.736. The van der Waals surface area contributed by atoms with Crippen LogP contribution in [0.5, 0.6) is 0 Å². The molecule has 0 aliphatic rings. The number of hydrogen-bond donors (Lipinski definition) is 2. The van der Waals surface area contributed by atoms with Gasteiger partial charge in [-0.2, -0.15) is 0 Å². The number of nitrogens with one attached hydrogen (secondary N) is 2. The normalized spacial score (nSPS) is 11.7. The lowest BCUT2D eigenvalue weighted by Gasteiger charge is -2.12. The summed E-state index contributed by atoms with van der Waals surface area (Å²) >= 11 is 0. The molecule has 1 aromatic carbocycles. The van der Waals surface area contributed by atoms with Crippen LogP contribution >= 0.6 is 0 Å². The molecule has 1 unspecified atom stereocenters. The molecule has 4 heteroatoms. The van der Waals surface area contributed by atoms with Gasteiger partial charge in [-0.25, -0.2) is 0 Å². The Morgan fingerprint density at radius 2 is 1.74 bits per heavy atom. The molecule has 104 valence electrons. The fourth-order valence-corrected chi connectivity index (χ4v) is 1.83. The van der Waals surface area contributed by atoms with Gasteiger partial charge < -0.3 is 10.6 Å². The summed E-state index contributed by atoms with van der Waals surface area (Å²) in [6, 6.07) is 10.0. The molecule has 4 nitrogen and oxygen atoms in total. The summed E-state index contributed by atoms with van der Waals surface area (Å²) in [7, 11) is 0. The molecule has 2 amide bonds. The van der Waals surface area contributed by atoms with Gasteiger partial charge in [-0.1, -0.05) is 37.3 Å². The third kappa shape index (κ3) is 6.60. The van der Waals surface area contributed by atoms with Gasteiger partial charge in [0, 0.05) is 26.4 Å². The van der Waals surface area contributed by atoms with Gasteiger partial charge in [-0.15, -0.1) is 0 Å². The van der Waals surface area contributed by atoms with E-state index in [1.807, 2.05) is 37.3 Å². The van der Waals surface area contributed by atoms with Crippen LogP contribution in [0.25, 0.3) is 0 Å². The lowest BCUT2D eigenvalue weighted by molar-refractivity contribution is -0.121. The highest BCUT2D eigenvalue weighted by Crippen LogP contribution is 2.17. The number of benzene rings is 1. The Morgan fingerprint density at radius 3 is 2.37 bits per heavy atom. The molecular formula is C15H22N2O2. The highest BCUT2D eigenvalue weighted by atomic mass is 16.2. The monoisotopic (exact) mass is 262 g/mol. The van der Waals surface area contributed by atoms with Crippen molar-refractivity contribution in [2.24, 2.45) is 0 Å². The van der Waals surface area contributed by atoms with E-state index in [0.29, 0.717) is 19.5 Å². The molecule has 0 aliphatic heterocycles. The molecule has 0 aliphatic carbocycles. The van der Waals surface area contributed by atoms with Crippen molar-refractivity contribution < 1.29 is 9.59 Å². The first-order chi connectivity index (χ1) is 9.09. The van der Waals surface area contributed by atoms with Crippen molar-refractivity contribution in [1.29, 1.82) is 0 Å². The maximum absolute atomic E-state index is 11.7. The minimum absolute atomic E-state index is 0.0379. The molecule has 1 atom stereocenters. The van der Waals surface area contributed by atoms with Crippen LogP contribution in [-0.4, -0.2) is 24.9 Å². The standard InChI is InChI=1S/C15H22N2O2/c1-12(14-7-4-3-5-8-14)11-15(19)17-10-6-9-16-13(2)18/h3-5,7-8,12H,6,9-11H2,1-2H3,(H,16,18)(H,17,19). The molecule has 0 saturated carbocycles. The van der Waals surface area contributed by atoms with E-state index in [1.165, 1.54) is 12.5 Å². The van der Waals surface area contributed by atoms with Crippen molar-refractivity contribution in [2.75, 3.05) is 13.1 Å². The second-order valence-corrected chi connectivity index (χ2v) is 4.70. The lowest BCUT2D eigenvalue weighted by atomic mass is 9.98. The van der Waals surface area contributed by atoms with Gasteiger partial charge >= 0.3 is 0 Å². The van der Waals surface area contributed by atoms with Crippen molar-refractivity contribution in [3.63, 3.8) is 0 Å². The predicted octanol–water partition coefficient (Wildman–Crippen LogP) is 1.82. The molecule has 0 bridgehead atoms. The Bertz CT molecular complexity index is 404. The number of carbonyl (C=O) groups is 2. The fourth-order valence-electron chi connectivity index (χ4n) is 1.83. The van der Waals surface area contributed by atoms with Gasteiger partial charge in [-0.05, 0) is 17.9 Å². The van der Waals surface area contributed by atoms with Crippen LogP contribution in [-0.2, 0) is 9.59 Å². The van der Waals surface area contributed by atoms with E-state index in [4.69, 9.17) is 0 Å². The maximum Gasteiger partial charge on any atom is 0.220 e. The van der Waals surface area contributed by atoms with Crippen LogP contribution in [0.4, 0.5) is 0 Å². The van der Waals surface area contributed by atoms with E-state index in [2.05, 4.69) is 10.6 Å². The summed E-state index contributed by atoms with van der Waals surface area (Å²) in [5.41, 5.74) is 1.18. The van der Waals surface area contributed by atoms with Crippen LogP contribution in [0.2, 0.25) is 0 Å².